The zero-order valence-electron chi connectivity index (χ0n) is 5.84. The Morgan fingerprint density at radius 3 is 2.64 bits per heavy atom. The molecule has 0 aliphatic rings. The molecule has 0 aliphatic carbocycles. The lowest BCUT2D eigenvalue weighted by molar-refractivity contribution is 0.474. The molecule has 1 rings (SSSR count). The first-order valence-electron chi connectivity index (χ1n) is 3.17. The minimum absolute atomic E-state index is 0.164. The van der Waals surface area contributed by atoms with E-state index in [2.05, 4.69) is 15.9 Å². The number of phenolic OH excluding ortho intramolecular Hbond substituents is 1. The monoisotopic (exact) mass is 213 g/mol. The maximum absolute atomic E-state index is 9.25. The molecule has 0 fully saturated rings. The first-order chi connectivity index (χ1) is 5.25. The molecule has 0 atom stereocenters. The molecule has 58 valence electrons. The van der Waals surface area contributed by atoms with Crippen molar-refractivity contribution in [3.63, 3.8) is 0 Å². The van der Waals surface area contributed by atoms with Gasteiger partial charge in [0.2, 0.25) is 0 Å². The second-order valence-electron chi connectivity index (χ2n) is 2.13. The average molecular weight is 214 g/mol. The molecule has 1 aromatic rings. The van der Waals surface area contributed by atoms with Crippen LogP contribution in [0.1, 0.15) is 5.56 Å². The zero-order valence-corrected chi connectivity index (χ0v) is 7.43. The van der Waals surface area contributed by atoms with Gasteiger partial charge in [-0.25, -0.2) is 0 Å². The summed E-state index contributed by atoms with van der Waals surface area (Å²) in [6, 6.07) is 6.83. The van der Waals surface area contributed by atoms with Crippen LogP contribution in [0, 0.1) is 5.41 Å². The summed E-state index contributed by atoms with van der Waals surface area (Å²) < 4.78 is 0. The third kappa shape index (κ3) is 1.80. The van der Waals surface area contributed by atoms with E-state index in [9.17, 15) is 5.11 Å². The van der Waals surface area contributed by atoms with E-state index in [0.29, 0.717) is 16.6 Å². The first kappa shape index (κ1) is 8.27. The fourth-order valence-corrected chi connectivity index (χ4v) is 1.10. The molecule has 0 saturated heterocycles. The number of aromatic hydroxyl groups is 1. The van der Waals surface area contributed by atoms with E-state index >= 15 is 0 Å². The van der Waals surface area contributed by atoms with Crippen LogP contribution in [0.2, 0.25) is 0 Å². The number of nitrogens with one attached hydrogen (secondary N) is 1. The molecule has 0 unspecified atom stereocenters. The molecule has 2 nitrogen and oxygen atoms in total. The highest BCUT2D eigenvalue weighted by atomic mass is 79.9. The van der Waals surface area contributed by atoms with Gasteiger partial charge in [-0.15, -0.1) is 0 Å². The second kappa shape index (κ2) is 3.53. The Morgan fingerprint density at radius 1 is 1.45 bits per heavy atom. The van der Waals surface area contributed by atoms with Gasteiger partial charge in [0.25, 0.3) is 0 Å². The molecule has 11 heavy (non-hydrogen) atoms. The normalized spacial score (nSPS) is 9.55. The van der Waals surface area contributed by atoms with Crippen LogP contribution in [0.25, 0.3) is 0 Å². The van der Waals surface area contributed by atoms with E-state index in [1.54, 1.807) is 24.3 Å². The lowest BCUT2D eigenvalue weighted by Crippen LogP contribution is -1.99. The van der Waals surface area contributed by atoms with Crippen molar-refractivity contribution >= 4 is 21.6 Å². The van der Waals surface area contributed by atoms with Gasteiger partial charge in [-0.3, -0.25) is 0 Å². The molecule has 0 spiro atoms. The van der Waals surface area contributed by atoms with Crippen molar-refractivity contribution in [2.45, 2.75) is 0 Å². The van der Waals surface area contributed by atoms with Crippen molar-refractivity contribution in [3.8, 4) is 5.75 Å². The number of alkyl halides is 1. The molecule has 0 aliphatic heterocycles. The van der Waals surface area contributed by atoms with Gasteiger partial charge < -0.3 is 10.5 Å². The van der Waals surface area contributed by atoms with E-state index in [4.69, 9.17) is 5.41 Å². The summed E-state index contributed by atoms with van der Waals surface area (Å²) in [5, 5.41) is 17.1. The Hall–Kier alpha value is -0.830. The zero-order chi connectivity index (χ0) is 8.27. The average Bonchev–Trinajstić information content (AvgIpc) is 2.04. The molecular formula is C8H8BrNO. The molecule has 0 heterocycles. The van der Waals surface area contributed by atoms with Crippen molar-refractivity contribution in [1.29, 1.82) is 5.41 Å². The van der Waals surface area contributed by atoms with Gasteiger partial charge >= 0.3 is 0 Å². The summed E-state index contributed by atoms with van der Waals surface area (Å²) >= 11 is 3.15. The van der Waals surface area contributed by atoms with Gasteiger partial charge in [0.1, 0.15) is 5.75 Å². The molecule has 3 heteroatoms. The Bertz CT molecular complexity index is 273. The molecule has 0 amide bonds. The summed E-state index contributed by atoms with van der Waals surface area (Å²) in [5.74, 6) is 0.164. The SMILES string of the molecule is N=C(CBr)c1ccccc1O. The van der Waals surface area contributed by atoms with Crippen molar-refractivity contribution in [3.05, 3.63) is 29.8 Å². The predicted octanol–water partition coefficient (Wildman–Crippen LogP) is 2.15. The first-order valence-corrected chi connectivity index (χ1v) is 4.29. The van der Waals surface area contributed by atoms with Crippen molar-refractivity contribution in [1.82, 2.24) is 0 Å². The third-order valence-electron chi connectivity index (χ3n) is 1.36. The largest absolute Gasteiger partial charge is 0.507 e. The smallest absolute Gasteiger partial charge is 0.124 e. The number of hydrogen-bond acceptors (Lipinski definition) is 2. The number of hydrogen-bond donors (Lipinski definition) is 2. The summed E-state index contributed by atoms with van der Waals surface area (Å²) in [6.45, 7) is 0. The van der Waals surface area contributed by atoms with Crippen LogP contribution in [0.3, 0.4) is 0 Å². The van der Waals surface area contributed by atoms with E-state index in [1.807, 2.05) is 0 Å². The molecule has 0 saturated carbocycles. The number of phenols is 1. The van der Waals surface area contributed by atoms with Crippen LogP contribution in [-0.2, 0) is 0 Å². The minimum Gasteiger partial charge on any atom is -0.507 e. The second-order valence-corrected chi connectivity index (χ2v) is 2.69. The van der Waals surface area contributed by atoms with Crippen LogP contribution in [0.15, 0.2) is 24.3 Å². The maximum Gasteiger partial charge on any atom is 0.124 e. The number of para-hydroxylation sites is 1. The summed E-state index contributed by atoms with van der Waals surface area (Å²) in [6.07, 6.45) is 0. The Balaban J connectivity index is 3.03. The lowest BCUT2D eigenvalue weighted by Gasteiger charge is -2.01. The van der Waals surface area contributed by atoms with E-state index in [0.717, 1.165) is 0 Å². The van der Waals surface area contributed by atoms with Crippen LogP contribution < -0.4 is 0 Å². The highest BCUT2D eigenvalue weighted by molar-refractivity contribution is 9.09. The topological polar surface area (TPSA) is 44.1 Å². The molecule has 1 aromatic carbocycles. The molecule has 0 radical (unpaired) electrons. The third-order valence-corrected chi connectivity index (χ3v) is 1.92. The fraction of sp³-hybridized carbons (Fsp3) is 0.125. The summed E-state index contributed by atoms with van der Waals surface area (Å²) in [7, 11) is 0. The fourth-order valence-electron chi connectivity index (χ4n) is 0.801. The Labute approximate surface area is 73.5 Å². The van der Waals surface area contributed by atoms with Crippen molar-refractivity contribution in [2.24, 2.45) is 0 Å². The predicted molar refractivity (Wildman–Crippen MR) is 48.7 cm³/mol. The summed E-state index contributed by atoms with van der Waals surface area (Å²) in [4.78, 5) is 0. The van der Waals surface area contributed by atoms with Crippen LogP contribution >= 0.6 is 15.9 Å². The Kier molecular flexibility index (Phi) is 2.65. The van der Waals surface area contributed by atoms with Crippen molar-refractivity contribution < 1.29 is 5.11 Å². The summed E-state index contributed by atoms with van der Waals surface area (Å²) in [5.41, 5.74) is 0.979. The van der Waals surface area contributed by atoms with Gasteiger partial charge in [-0.2, -0.15) is 0 Å². The van der Waals surface area contributed by atoms with Gasteiger partial charge in [-0.05, 0) is 12.1 Å². The number of halogens is 1. The number of benzene rings is 1. The lowest BCUT2D eigenvalue weighted by atomic mass is 10.1. The standard InChI is InChI=1S/C8H8BrNO/c9-5-7(10)6-3-1-2-4-8(6)11/h1-4,10-11H,5H2. The maximum atomic E-state index is 9.25. The van der Waals surface area contributed by atoms with Gasteiger partial charge in [0.15, 0.2) is 0 Å². The van der Waals surface area contributed by atoms with Crippen LogP contribution in [-0.4, -0.2) is 16.1 Å². The number of rotatable bonds is 2. The molecule has 0 aromatic heterocycles. The molecular weight excluding hydrogens is 206 g/mol. The van der Waals surface area contributed by atoms with E-state index in [1.165, 1.54) is 0 Å². The van der Waals surface area contributed by atoms with Gasteiger partial charge in [-0.1, -0.05) is 28.1 Å². The minimum atomic E-state index is 0.164. The van der Waals surface area contributed by atoms with Crippen LogP contribution in [0.4, 0.5) is 0 Å². The highest BCUT2D eigenvalue weighted by Crippen LogP contribution is 2.16. The van der Waals surface area contributed by atoms with E-state index < -0.39 is 0 Å². The molecule has 0 bridgehead atoms. The van der Waals surface area contributed by atoms with Crippen molar-refractivity contribution in [2.75, 3.05) is 5.33 Å². The van der Waals surface area contributed by atoms with E-state index in [-0.39, 0.29) is 5.75 Å². The van der Waals surface area contributed by atoms with Gasteiger partial charge in [0.05, 0.1) is 5.71 Å². The Morgan fingerprint density at radius 2 is 2.09 bits per heavy atom. The van der Waals surface area contributed by atoms with Crippen LogP contribution in [0.5, 0.6) is 5.75 Å². The quantitative estimate of drug-likeness (QED) is 0.574. The highest BCUT2D eigenvalue weighted by Gasteiger charge is 2.03. The molecule has 2 N–H and O–H groups in total. The van der Waals surface area contributed by atoms with Gasteiger partial charge in [0, 0.05) is 10.9 Å².